The summed E-state index contributed by atoms with van der Waals surface area (Å²) in [5, 5.41) is 9.06. The minimum absolute atomic E-state index is 0.0457. The zero-order valence-corrected chi connectivity index (χ0v) is 14.9. The first-order valence-corrected chi connectivity index (χ1v) is 9.04. The maximum absolute atomic E-state index is 12.7. The molecule has 0 aliphatic carbocycles. The van der Waals surface area contributed by atoms with Gasteiger partial charge in [0, 0.05) is 31.7 Å². The van der Waals surface area contributed by atoms with Crippen molar-refractivity contribution in [2.75, 3.05) is 31.1 Å². The Morgan fingerprint density at radius 1 is 1.15 bits per heavy atom. The lowest BCUT2D eigenvalue weighted by atomic mass is 9.95. The van der Waals surface area contributed by atoms with Crippen LogP contribution in [0.5, 0.6) is 5.75 Å². The van der Waals surface area contributed by atoms with Crippen LogP contribution in [0.2, 0.25) is 0 Å². The number of carboxylic acids is 1. The van der Waals surface area contributed by atoms with Crippen molar-refractivity contribution in [1.82, 2.24) is 4.90 Å². The van der Waals surface area contributed by atoms with Gasteiger partial charge in [-0.3, -0.25) is 14.4 Å². The summed E-state index contributed by atoms with van der Waals surface area (Å²) in [7, 11) is 0. The summed E-state index contributed by atoms with van der Waals surface area (Å²) >= 11 is 0. The second-order valence-corrected chi connectivity index (χ2v) is 6.77. The molecule has 0 radical (unpaired) electrons. The molecular weight excluding hydrogens is 336 g/mol. The van der Waals surface area contributed by atoms with E-state index >= 15 is 0 Å². The van der Waals surface area contributed by atoms with E-state index in [0.29, 0.717) is 39.1 Å². The first-order chi connectivity index (χ1) is 12.5. The third-order valence-corrected chi connectivity index (χ3v) is 5.09. The smallest absolute Gasteiger partial charge is 0.306 e. The summed E-state index contributed by atoms with van der Waals surface area (Å²) < 4.78 is 5.41. The summed E-state index contributed by atoms with van der Waals surface area (Å²) in [6, 6.07) is 7.29. The van der Waals surface area contributed by atoms with E-state index in [1.54, 1.807) is 9.80 Å². The molecule has 2 aliphatic heterocycles. The Bertz CT molecular complexity index is 680. The molecule has 1 N–H and O–H groups in total. The molecule has 2 saturated heterocycles. The SMILES string of the molecule is CCOc1ccc(N2C[C@H](C(=O)N3CCC(C(=O)O)CC3)CC2=O)cc1. The molecule has 140 valence electrons. The molecule has 1 atom stereocenters. The Balaban J connectivity index is 1.60. The van der Waals surface area contributed by atoms with Gasteiger partial charge in [-0.1, -0.05) is 0 Å². The number of benzene rings is 1. The second kappa shape index (κ2) is 7.76. The highest BCUT2D eigenvalue weighted by Gasteiger charge is 2.38. The standard InChI is InChI=1S/C19H24N2O5/c1-2-26-16-5-3-15(4-6-16)21-12-14(11-17(21)22)18(23)20-9-7-13(8-10-20)19(24)25/h3-6,13-14H,2,7-12H2,1H3,(H,24,25)/t14-/m1/s1. The van der Waals surface area contributed by atoms with E-state index < -0.39 is 5.97 Å². The topological polar surface area (TPSA) is 87.2 Å². The molecule has 2 amide bonds. The largest absolute Gasteiger partial charge is 0.494 e. The predicted octanol–water partition coefficient (Wildman–Crippen LogP) is 1.76. The quantitative estimate of drug-likeness (QED) is 0.865. The highest BCUT2D eigenvalue weighted by Crippen LogP contribution is 2.29. The molecule has 7 heteroatoms. The predicted molar refractivity (Wildman–Crippen MR) is 95.0 cm³/mol. The number of carbonyl (C=O) groups excluding carboxylic acids is 2. The number of piperidine rings is 1. The Labute approximate surface area is 152 Å². The zero-order chi connectivity index (χ0) is 18.7. The molecule has 0 aromatic heterocycles. The van der Waals surface area contributed by atoms with E-state index in [1.165, 1.54) is 0 Å². The molecule has 0 unspecified atom stereocenters. The van der Waals surface area contributed by atoms with Crippen molar-refractivity contribution in [2.45, 2.75) is 26.2 Å². The first kappa shape index (κ1) is 18.2. The van der Waals surface area contributed by atoms with Crippen LogP contribution in [0.1, 0.15) is 26.2 Å². The van der Waals surface area contributed by atoms with Crippen LogP contribution in [0.3, 0.4) is 0 Å². The Morgan fingerprint density at radius 3 is 2.38 bits per heavy atom. The van der Waals surface area contributed by atoms with Crippen LogP contribution < -0.4 is 9.64 Å². The monoisotopic (exact) mass is 360 g/mol. The van der Waals surface area contributed by atoms with E-state index in [-0.39, 0.29) is 30.1 Å². The lowest BCUT2D eigenvalue weighted by molar-refractivity contribution is -0.146. The van der Waals surface area contributed by atoms with Crippen molar-refractivity contribution >= 4 is 23.5 Å². The number of hydrogen-bond donors (Lipinski definition) is 1. The number of carboxylic acid groups (broad SMARTS) is 1. The maximum Gasteiger partial charge on any atom is 0.306 e. The van der Waals surface area contributed by atoms with E-state index in [1.807, 2.05) is 31.2 Å². The average molecular weight is 360 g/mol. The van der Waals surface area contributed by atoms with E-state index in [2.05, 4.69) is 0 Å². The molecule has 26 heavy (non-hydrogen) atoms. The van der Waals surface area contributed by atoms with Crippen molar-refractivity contribution in [3.05, 3.63) is 24.3 Å². The van der Waals surface area contributed by atoms with Gasteiger partial charge < -0.3 is 19.6 Å². The van der Waals surface area contributed by atoms with Gasteiger partial charge in [-0.25, -0.2) is 0 Å². The average Bonchev–Trinajstić information content (AvgIpc) is 3.04. The fourth-order valence-electron chi connectivity index (χ4n) is 3.62. The van der Waals surface area contributed by atoms with Crippen molar-refractivity contribution < 1.29 is 24.2 Å². The molecule has 1 aromatic carbocycles. The fourth-order valence-corrected chi connectivity index (χ4v) is 3.62. The van der Waals surface area contributed by atoms with Gasteiger partial charge in [0.25, 0.3) is 0 Å². The number of anilines is 1. The van der Waals surface area contributed by atoms with Crippen LogP contribution in [-0.4, -0.2) is 54.0 Å². The van der Waals surface area contributed by atoms with Crippen LogP contribution in [0, 0.1) is 11.8 Å². The van der Waals surface area contributed by atoms with Crippen LogP contribution in [0.25, 0.3) is 0 Å². The lowest BCUT2D eigenvalue weighted by Gasteiger charge is -2.31. The number of hydrogen-bond acceptors (Lipinski definition) is 4. The van der Waals surface area contributed by atoms with Gasteiger partial charge in [0.2, 0.25) is 11.8 Å². The summed E-state index contributed by atoms with van der Waals surface area (Å²) in [4.78, 5) is 39.5. The summed E-state index contributed by atoms with van der Waals surface area (Å²) in [6.45, 7) is 3.75. The Kier molecular flexibility index (Phi) is 5.44. The lowest BCUT2D eigenvalue weighted by Crippen LogP contribution is -2.43. The van der Waals surface area contributed by atoms with Crippen LogP contribution >= 0.6 is 0 Å². The molecule has 3 rings (SSSR count). The molecule has 2 heterocycles. The van der Waals surface area contributed by atoms with Gasteiger partial charge in [0.1, 0.15) is 5.75 Å². The highest BCUT2D eigenvalue weighted by atomic mass is 16.5. The van der Waals surface area contributed by atoms with Gasteiger partial charge in [-0.05, 0) is 44.0 Å². The zero-order valence-electron chi connectivity index (χ0n) is 14.9. The fraction of sp³-hybridized carbons (Fsp3) is 0.526. The summed E-state index contributed by atoms with van der Waals surface area (Å²) in [6.07, 6.45) is 1.15. The Morgan fingerprint density at radius 2 is 1.81 bits per heavy atom. The van der Waals surface area contributed by atoms with Crippen LogP contribution in [-0.2, 0) is 14.4 Å². The van der Waals surface area contributed by atoms with E-state index in [0.717, 1.165) is 11.4 Å². The van der Waals surface area contributed by atoms with Crippen LogP contribution in [0.15, 0.2) is 24.3 Å². The number of likely N-dealkylation sites (tertiary alicyclic amines) is 1. The van der Waals surface area contributed by atoms with Gasteiger partial charge in [0.05, 0.1) is 18.4 Å². The molecule has 0 bridgehead atoms. The molecule has 2 fully saturated rings. The van der Waals surface area contributed by atoms with Crippen LogP contribution in [0.4, 0.5) is 5.69 Å². The van der Waals surface area contributed by atoms with Gasteiger partial charge in [-0.2, -0.15) is 0 Å². The number of amides is 2. The molecular formula is C19H24N2O5. The number of rotatable bonds is 5. The normalized spacial score (nSPS) is 21.1. The van der Waals surface area contributed by atoms with Gasteiger partial charge in [-0.15, -0.1) is 0 Å². The number of nitrogens with zero attached hydrogens (tertiary/aromatic N) is 2. The van der Waals surface area contributed by atoms with Crippen molar-refractivity contribution in [2.24, 2.45) is 11.8 Å². The number of aliphatic carboxylic acids is 1. The number of carbonyl (C=O) groups is 3. The van der Waals surface area contributed by atoms with E-state index in [4.69, 9.17) is 9.84 Å². The maximum atomic E-state index is 12.7. The third-order valence-electron chi connectivity index (χ3n) is 5.09. The number of ether oxygens (including phenoxy) is 1. The van der Waals surface area contributed by atoms with Gasteiger partial charge in [0.15, 0.2) is 0 Å². The van der Waals surface area contributed by atoms with E-state index in [9.17, 15) is 14.4 Å². The summed E-state index contributed by atoms with van der Waals surface area (Å²) in [5.41, 5.74) is 0.762. The molecule has 7 nitrogen and oxygen atoms in total. The highest BCUT2D eigenvalue weighted by molar-refractivity contribution is 6.00. The minimum atomic E-state index is -0.796. The first-order valence-electron chi connectivity index (χ1n) is 9.04. The van der Waals surface area contributed by atoms with Crippen molar-refractivity contribution in [3.63, 3.8) is 0 Å². The third kappa shape index (κ3) is 3.81. The molecule has 0 saturated carbocycles. The molecule has 1 aromatic rings. The Hall–Kier alpha value is -2.57. The van der Waals surface area contributed by atoms with Crippen molar-refractivity contribution in [3.8, 4) is 5.75 Å². The molecule has 0 spiro atoms. The summed E-state index contributed by atoms with van der Waals surface area (Å²) in [5.74, 6) is -0.893. The van der Waals surface area contributed by atoms with Crippen molar-refractivity contribution in [1.29, 1.82) is 0 Å². The van der Waals surface area contributed by atoms with Gasteiger partial charge >= 0.3 is 5.97 Å². The minimum Gasteiger partial charge on any atom is -0.494 e. The molecule has 2 aliphatic rings. The second-order valence-electron chi connectivity index (χ2n) is 6.77.